The van der Waals surface area contributed by atoms with Crippen molar-refractivity contribution in [2.45, 2.75) is 26.8 Å². The monoisotopic (exact) mass is 325 g/mol. The maximum atomic E-state index is 14.2. The van der Waals surface area contributed by atoms with Crippen molar-refractivity contribution in [3.8, 4) is 0 Å². The van der Waals surface area contributed by atoms with Crippen molar-refractivity contribution in [2.24, 2.45) is 0 Å². The average Bonchev–Trinajstić information content (AvgIpc) is 2.93. The van der Waals surface area contributed by atoms with E-state index in [2.05, 4.69) is 9.97 Å². The normalized spacial score (nSPS) is 13.0. The van der Waals surface area contributed by atoms with Gasteiger partial charge in [-0.15, -0.1) is 11.3 Å². The van der Waals surface area contributed by atoms with Crippen LogP contribution in [0.4, 0.5) is 8.78 Å². The van der Waals surface area contributed by atoms with Crippen molar-refractivity contribution in [2.75, 3.05) is 0 Å². The molecule has 3 aromatic rings. The highest BCUT2D eigenvalue weighted by molar-refractivity contribution is 7.71. The zero-order valence-electron chi connectivity index (χ0n) is 11.7. The van der Waals surface area contributed by atoms with Crippen LogP contribution < -0.4 is 0 Å². The summed E-state index contributed by atoms with van der Waals surface area (Å²) in [5.41, 5.74) is 1.54. The van der Waals surface area contributed by atoms with Crippen molar-refractivity contribution in [3.05, 3.63) is 44.1 Å². The number of hydrogen-bond acceptors (Lipinski definition) is 3. The second-order valence-corrected chi connectivity index (χ2v) is 6.54. The molecule has 1 atom stereocenters. The van der Waals surface area contributed by atoms with Gasteiger partial charge in [0.05, 0.1) is 27.1 Å². The first kappa shape index (κ1) is 14.3. The van der Waals surface area contributed by atoms with Gasteiger partial charge in [-0.2, -0.15) is 0 Å². The highest BCUT2D eigenvalue weighted by atomic mass is 32.1. The Morgan fingerprint density at radius 2 is 2.05 bits per heavy atom. The van der Waals surface area contributed by atoms with Crippen LogP contribution >= 0.6 is 23.6 Å². The minimum absolute atomic E-state index is 0.165. The number of benzene rings is 1. The molecule has 0 aliphatic carbocycles. The molecule has 1 aromatic carbocycles. The molecule has 7 heteroatoms. The van der Waals surface area contributed by atoms with E-state index in [0.717, 1.165) is 21.6 Å². The Morgan fingerprint density at radius 1 is 1.33 bits per heavy atom. The summed E-state index contributed by atoms with van der Waals surface area (Å²) in [4.78, 5) is 8.31. The standard InChI is InChI=1S/C14H13F2N3S2/c1-6-13(21-8(3)17-6)7(2)19-12-10(18-14(19)20)5-4-9(15)11(12)16/h4-5,7H,1-3H3,(H,18,20). The molecular formula is C14H13F2N3S2. The zero-order valence-corrected chi connectivity index (χ0v) is 13.3. The number of rotatable bonds is 2. The van der Waals surface area contributed by atoms with Gasteiger partial charge < -0.3 is 9.55 Å². The molecule has 0 spiro atoms. The fourth-order valence-electron chi connectivity index (χ4n) is 2.57. The van der Waals surface area contributed by atoms with E-state index in [4.69, 9.17) is 12.2 Å². The minimum Gasteiger partial charge on any atom is -0.330 e. The molecule has 0 aliphatic heterocycles. The van der Waals surface area contributed by atoms with Crippen LogP contribution in [-0.4, -0.2) is 14.5 Å². The lowest BCUT2D eigenvalue weighted by molar-refractivity contribution is 0.508. The summed E-state index contributed by atoms with van der Waals surface area (Å²) in [7, 11) is 0. The van der Waals surface area contributed by atoms with Gasteiger partial charge >= 0.3 is 0 Å². The van der Waals surface area contributed by atoms with Gasteiger partial charge in [0.25, 0.3) is 0 Å². The van der Waals surface area contributed by atoms with Crippen molar-refractivity contribution in [1.29, 1.82) is 0 Å². The van der Waals surface area contributed by atoms with Crippen LogP contribution in [0.3, 0.4) is 0 Å². The molecule has 0 saturated carbocycles. The van der Waals surface area contributed by atoms with E-state index in [9.17, 15) is 8.78 Å². The first-order chi connectivity index (χ1) is 9.90. The van der Waals surface area contributed by atoms with E-state index in [1.807, 2.05) is 20.8 Å². The number of aromatic nitrogens is 3. The number of aromatic amines is 1. The molecule has 21 heavy (non-hydrogen) atoms. The molecule has 0 fully saturated rings. The van der Waals surface area contributed by atoms with E-state index >= 15 is 0 Å². The van der Waals surface area contributed by atoms with Crippen molar-refractivity contribution >= 4 is 34.6 Å². The van der Waals surface area contributed by atoms with Crippen LogP contribution in [0.25, 0.3) is 11.0 Å². The lowest BCUT2D eigenvalue weighted by atomic mass is 10.2. The summed E-state index contributed by atoms with van der Waals surface area (Å²) in [5, 5.41) is 0.937. The molecule has 3 rings (SSSR count). The van der Waals surface area contributed by atoms with Gasteiger partial charge in [0.2, 0.25) is 0 Å². The average molecular weight is 325 g/mol. The maximum Gasteiger partial charge on any atom is 0.184 e. The van der Waals surface area contributed by atoms with Crippen LogP contribution in [0.5, 0.6) is 0 Å². The number of nitrogens with zero attached hydrogens (tertiary/aromatic N) is 2. The number of fused-ring (bicyclic) bond motifs is 1. The molecule has 0 bridgehead atoms. The number of imidazole rings is 1. The first-order valence-corrected chi connectivity index (χ1v) is 7.64. The van der Waals surface area contributed by atoms with Crippen LogP contribution in [-0.2, 0) is 0 Å². The summed E-state index contributed by atoms with van der Waals surface area (Å²) in [6, 6.07) is 2.38. The summed E-state index contributed by atoms with van der Waals surface area (Å²) < 4.78 is 29.7. The third-order valence-electron chi connectivity index (χ3n) is 3.48. The lowest BCUT2D eigenvalue weighted by Crippen LogP contribution is -2.08. The first-order valence-electron chi connectivity index (χ1n) is 6.42. The van der Waals surface area contributed by atoms with Crippen molar-refractivity contribution < 1.29 is 8.78 Å². The van der Waals surface area contributed by atoms with Crippen LogP contribution in [0.1, 0.15) is 28.5 Å². The molecule has 2 heterocycles. The van der Waals surface area contributed by atoms with Crippen LogP contribution in [0, 0.1) is 30.3 Å². The van der Waals surface area contributed by atoms with Gasteiger partial charge in [-0.3, -0.25) is 0 Å². The lowest BCUT2D eigenvalue weighted by Gasteiger charge is -2.14. The molecule has 1 N–H and O–H groups in total. The van der Waals surface area contributed by atoms with Gasteiger partial charge in [0.1, 0.15) is 5.52 Å². The number of hydrogen-bond donors (Lipinski definition) is 1. The number of thiazole rings is 1. The molecular weight excluding hydrogens is 312 g/mol. The topological polar surface area (TPSA) is 33.6 Å². The Morgan fingerprint density at radius 3 is 2.67 bits per heavy atom. The number of halogens is 2. The fraction of sp³-hybridized carbons (Fsp3) is 0.286. The smallest absolute Gasteiger partial charge is 0.184 e. The number of aryl methyl sites for hydroxylation is 2. The third-order valence-corrected chi connectivity index (χ3v) is 5.02. The van der Waals surface area contributed by atoms with Gasteiger partial charge in [-0.25, -0.2) is 13.8 Å². The summed E-state index contributed by atoms with van der Waals surface area (Å²) in [6.07, 6.45) is 0. The van der Waals surface area contributed by atoms with Crippen molar-refractivity contribution in [1.82, 2.24) is 14.5 Å². The Hall–Kier alpha value is -1.60. The largest absolute Gasteiger partial charge is 0.330 e. The van der Waals surface area contributed by atoms with Crippen molar-refractivity contribution in [3.63, 3.8) is 0 Å². The van der Waals surface area contributed by atoms with Gasteiger partial charge in [0.15, 0.2) is 16.4 Å². The summed E-state index contributed by atoms with van der Waals surface area (Å²) in [5.74, 6) is -1.76. The molecule has 1 unspecified atom stereocenters. The fourth-order valence-corrected chi connectivity index (χ4v) is 3.90. The van der Waals surface area contributed by atoms with Gasteiger partial charge in [-0.1, -0.05) is 0 Å². The van der Waals surface area contributed by atoms with Crippen LogP contribution in [0.15, 0.2) is 12.1 Å². The Kier molecular flexibility index (Phi) is 3.41. The van der Waals surface area contributed by atoms with E-state index in [-0.39, 0.29) is 11.6 Å². The van der Waals surface area contributed by atoms with Gasteiger partial charge in [-0.05, 0) is 45.1 Å². The molecule has 0 saturated heterocycles. The highest BCUT2D eigenvalue weighted by Crippen LogP contribution is 2.31. The second kappa shape index (κ2) is 4.99. The zero-order chi connectivity index (χ0) is 15.3. The Balaban J connectivity index is 2.29. The molecule has 0 amide bonds. The van der Waals surface area contributed by atoms with Crippen LogP contribution in [0.2, 0.25) is 0 Å². The Labute approximate surface area is 129 Å². The van der Waals surface area contributed by atoms with E-state index in [1.165, 1.54) is 17.4 Å². The maximum absolute atomic E-state index is 14.2. The number of H-pyrrole nitrogens is 1. The van der Waals surface area contributed by atoms with E-state index in [0.29, 0.717) is 10.3 Å². The summed E-state index contributed by atoms with van der Waals surface area (Å²) in [6.45, 7) is 5.74. The molecule has 0 aliphatic rings. The second-order valence-electron chi connectivity index (χ2n) is 4.92. The van der Waals surface area contributed by atoms with Gasteiger partial charge in [0, 0.05) is 0 Å². The predicted octanol–water partition coefficient (Wildman–Crippen LogP) is 4.66. The quantitative estimate of drug-likeness (QED) is 0.695. The molecule has 3 nitrogen and oxygen atoms in total. The predicted molar refractivity (Wildman–Crippen MR) is 82.4 cm³/mol. The molecule has 110 valence electrons. The molecule has 0 radical (unpaired) electrons. The summed E-state index contributed by atoms with van der Waals surface area (Å²) >= 11 is 6.82. The van der Waals surface area contributed by atoms with E-state index < -0.39 is 11.6 Å². The third kappa shape index (κ3) is 2.20. The SMILES string of the molecule is Cc1nc(C)c(C(C)n2c(=S)[nH]c3ccc(F)c(F)c32)s1. The molecule has 2 aromatic heterocycles. The minimum atomic E-state index is -0.884. The van der Waals surface area contributed by atoms with E-state index in [1.54, 1.807) is 4.57 Å². The number of nitrogens with one attached hydrogen (secondary N) is 1. The highest BCUT2D eigenvalue weighted by Gasteiger charge is 2.21. The Bertz CT molecular complexity index is 892.